The number of hydrogen-bond acceptors (Lipinski definition) is 3. The standard InChI is InChI=1S/C44H83NO2/c1-5-7-9-11-13-15-17-19-21-23-25-27-29-31-33-35-37-44(46-42-39-41(45(3)4)40-43(42)47-44)38-36-34-32-30-28-26-24-22-20-18-16-14-12-10-8-6-2/h13,15,19,21,41-43H,5-12,14,16-18,20,22-40H2,1-4H3/b15-13-,21-19-. The molecule has 2 fully saturated rings. The fourth-order valence-corrected chi connectivity index (χ4v) is 7.87. The van der Waals surface area contributed by atoms with Crippen LogP contribution in [0.15, 0.2) is 24.3 Å². The predicted molar refractivity (Wildman–Crippen MR) is 207 cm³/mol. The Morgan fingerprint density at radius 1 is 0.468 bits per heavy atom. The molecule has 0 aromatic heterocycles. The van der Waals surface area contributed by atoms with E-state index in [4.69, 9.17) is 9.47 Å². The van der Waals surface area contributed by atoms with Gasteiger partial charge in [0.2, 0.25) is 0 Å². The highest BCUT2D eigenvalue weighted by atomic mass is 16.8. The van der Waals surface area contributed by atoms with Crippen molar-refractivity contribution in [3.05, 3.63) is 24.3 Å². The van der Waals surface area contributed by atoms with Gasteiger partial charge in [-0.2, -0.15) is 0 Å². The summed E-state index contributed by atoms with van der Waals surface area (Å²) in [6.45, 7) is 4.58. The number of rotatable bonds is 33. The molecule has 0 aromatic rings. The molecule has 0 bridgehead atoms. The molecular formula is C44H83NO2. The third-order valence-electron chi connectivity index (χ3n) is 11.1. The highest BCUT2D eigenvalue weighted by Crippen LogP contribution is 2.44. The summed E-state index contributed by atoms with van der Waals surface area (Å²) < 4.78 is 13.7. The second-order valence-corrected chi connectivity index (χ2v) is 15.7. The molecule has 1 aliphatic carbocycles. The Morgan fingerprint density at radius 3 is 1.21 bits per heavy atom. The molecule has 47 heavy (non-hydrogen) atoms. The zero-order valence-corrected chi connectivity index (χ0v) is 32.4. The van der Waals surface area contributed by atoms with E-state index < -0.39 is 0 Å². The van der Waals surface area contributed by atoms with Crippen molar-refractivity contribution in [2.24, 2.45) is 0 Å². The quantitative estimate of drug-likeness (QED) is 0.0518. The molecule has 1 heterocycles. The van der Waals surface area contributed by atoms with Crippen molar-refractivity contribution in [1.82, 2.24) is 4.90 Å². The van der Waals surface area contributed by atoms with Crippen molar-refractivity contribution in [2.75, 3.05) is 14.1 Å². The Balaban J connectivity index is 1.52. The number of unbranched alkanes of at least 4 members (excludes halogenated alkanes) is 24. The van der Waals surface area contributed by atoms with Gasteiger partial charge >= 0.3 is 0 Å². The van der Waals surface area contributed by atoms with Gasteiger partial charge in [-0.15, -0.1) is 0 Å². The second-order valence-electron chi connectivity index (χ2n) is 15.7. The maximum atomic E-state index is 6.84. The van der Waals surface area contributed by atoms with E-state index in [1.54, 1.807) is 0 Å². The molecule has 1 aliphatic heterocycles. The van der Waals surface area contributed by atoms with E-state index in [0.717, 1.165) is 32.1 Å². The topological polar surface area (TPSA) is 21.7 Å². The highest BCUT2D eigenvalue weighted by molar-refractivity contribution is 4.96. The lowest BCUT2D eigenvalue weighted by molar-refractivity contribution is -0.193. The first-order valence-electron chi connectivity index (χ1n) is 21.4. The minimum atomic E-state index is -0.294. The van der Waals surface area contributed by atoms with Crippen LogP contribution in [0.4, 0.5) is 0 Å². The van der Waals surface area contributed by atoms with E-state index >= 15 is 0 Å². The van der Waals surface area contributed by atoms with Gasteiger partial charge in [0.15, 0.2) is 5.79 Å². The minimum absolute atomic E-state index is 0.294. The van der Waals surface area contributed by atoms with Crippen molar-refractivity contribution in [2.45, 2.75) is 243 Å². The molecule has 276 valence electrons. The van der Waals surface area contributed by atoms with Crippen molar-refractivity contribution >= 4 is 0 Å². The van der Waals surface area contributed by atoms with Crippen LogP contribution in [0.1, 0.15) is 219 Å². The second kappa shape index (κ2) is 29.1. The third kappa shape index (κ3) is 21.2. The molecule has 3 nitrogen and oxygen atoms in total. The van der Waals surface area contributed by atoms with E-state index in [-0.39, 0.29) is 5.79 Å². The zero-order valence-electron chi connectivity index (χ0n) is 32.4. The number of nitrogens with zero attached hydrogens (tertiary/aromatic N) is 1. The van der Waals surface area contributed by atoms with Crippen LogP contribution in [0.2, 0.25) is 0 Å². The number of fused-ring (bicyclic) bond motifs is 1. The lowest BCUT2D eigenvalue weighted by Gasteiger charge is -2.31. The number of hydrogen-bond donors (Lipinski definition) is 0. The molecular weight excluding hydrogens is 574 g/mol. The molecule has 2 rings (SSSR count). The van der Waals surface area contributed by atoms with Crippen LogP contribution in [0.5, 0.6) is 0 Å². The van der Waals surface area contributed by atoms with E-state index in [1.165, 1.54) is 173 Å². The first-order valence-corrected chi connectivity index (χ1v) is 21.4. The number of allylic oxidation sites excluding steroid dienone is 4. The predicted octanol–water partition coefficient (Wildman–Crippen LogP) is 14.0. The maximum absolute atomic E-state index is 6.84. The van der Waals surface area contributed by atoms with Gasteiger partial charge in [0.1, 0.15) is 0 Å². The summed E-state index contributed by atoms with van der Waals surface area (Å²) in [4.78, 5) is 2.37. The fourth-order valence-electron chi connectivity index (χ4n) is 7.87. The molecule has 0 spiro atoms. The largest absolute Gasteiger partial charge is 0.344 e. The molecule has 2 aliphatic rings. The Bertz CT molecular complexity index is 731. The van der Waals surface area contributed by atoms with Crippen LogP contribution < -0.4 is 0 Å². The Morgan fingerprint density at radius 2 is 0.809 bits per heavy atom. The van der Waals surface area contributed by atoms with Crippen LogP contribution in [0.25, 0.3) is 0 Å². The minimum Gasteiger partial charge on any atom is -0.344 e. The molecule has 0 radical (unpaired) electrons. The van der Waals surface area contributed by atoms with E-state index in [1.807, 2.05) is 0 Å². The normalized spacial score (nSPS) is 22.9. The van der Waals surface area contributed by atoms with Crippen LogP contribution >= 0.6 is 0 Å². The first-order chi connectivity index (χ1) is 23.1. The summed E-state index contributed by atoms with van der Waals surface area (Å²) in [5.74, 6) is -0.294. The van der Waals surface area contributed by atoms with Gasteiger partial charge in [0, 0.05) is 18.9 Å². The lowest BCUT2D eigenvalue weighted by Crippen LogP contribution is -2.34. The summed E-state index contributed by atoms with van der Waals surface area (Å²) >= 11 is 0. The zero-order chi connectivity index (χ0) is 33.7. The molecule has 0 amide bonds. The van der Waals surface area contributed by atoms with Crippen molar-refractivity contribution in [3.8, 4) is 0 Å². The molecule has 3 heteroatoms. The van der Waals surface area contributed by atoms with Crippen LogP contribution in [-0.4, -0.2) is 43.0 Å². The van der Waals surface area contributed by atoms with Gasteiger partial charge < -0.3 is 14.4 Å². The molecule has 1 saturated heterocycles. The summed E-state index contributed by atoms with van der Waals surface area (Å²) in [7, 11) is 4.42. The molecule has 1 saturated carbocycles. The Labute approximate surface area is 295 Å². The van der Waals surface area contributed by atoms with Gasteiger partial charge in [0.25, 0.3) is 0 Å². The van der Waals surface area contributed by atoms with E-state index in [9.17, 15) is 0 Å². The summed E-state index contributed by atoms with van der Waals surface area (Å²) in [5.41, 5.74) is 0. The average Bonchev–Trinajstić information content (AvgIpc) is 3.61. The maximum Gasteiger partial charge on any atom is 0.169 e. The lowest BCUT2D eigenvalue weighted by atomic mass is 9.98. The van der Waals surface area contributed by atoms with Crippen LogP contribution in [-0.2, 0) is 9.47 Å². The highest BCUT2D eigenvalue weighted by Gasteiger charge is 2.51. The van der Waals surface area contributed by atoms with Crippen molar-refractivity contribution in [3.63, 3.8) is 0 Å². The number of ether oxygens (including phenoxy) is 2. The van der Waals surface area contributed by atoms with E-state index in [2.05, 4.69) is 57.1 Å². The van der Waals surface area contributed by atoms with Crippen LogP contribution in [0, 0.1) is 0 Å². The van der Waals surface area contributed by atoms with Crippen molar-refractivity contribution in [1.29, 1.82) is 0 Å². The van der Waals surface area contributed by atoms with Gasteiger partial charge in [-0.1, -0.05) is 173 Å². The smallest absolute Gasteiger partial charge is 0.169 e. The fraction of sp³-hybridized carbons (Fsp3) is 0.909. The summed E-state index contributed by atoms with van der Waals surface area (Å²) in [6.07, 6.45) is 52.9. The van der Waals surface area contributed by atoms with Crippen LogP contribution in [0.3, 0.4) is 0 Å². The Kier molecular flexibility index (Phi) is 26.4. The molecule has 2 unspecified atom stereocenters. The Hall–Kier alpha value is -0.640. The van der Waals surface area contributed by atoms with E-state index in [0.29, 0.717) is 18.2 Å². The average molecular weight is 658 g/mol. The summed E-state index contributed by atoms with van der Waals surface area (Å²) in [6, 6.07) is 0.611. The molecule has 0 N–H and O–H groups in total. The third-order valence-corrected chi connectivity index (χ3v) is 11.1. The molecule has 2 atom stereocenters. The monoisotopic (exact) mass is 658 g/mol. The summed E-state index contributed by atoms with van der Waals surface area (Å²) in [5, 5.41) is 0. The SMILES string of the molecule is CCCCC/C=C\C/C=C\CCCCCCCCC1(CCCCCCCCCCCCCCCCCC)OC2CC(N(C)C)CC2O1. The molecule has 0 aromatic carbocycles. The first kappa shape index (κ1) is 42.5. The van der Waals surface area contributed by atoms with Gasteiger partial charge in [-0.25, -0.2) is 0 Å². The van der Waals surface area contributed by atoms with Crippen molar-refractivity contribution < 1.29 is 9.47 Å². The van der Waals surface area contributed by atoms with Gasteiger partial charge in [0.05, 0.1) is 12.2 Å². The van der Waals surface area contributed by atoms with Gasteiger partial charge in [-0.05, 0) is 71.9 Å². The van der Waals surface area contributed by atoms with Gasteiger partial charge in [-0.3, -0.25) is 0 Å².